The number of hydrogen-bond donors (Lipinski definition) is 0. The predicted octanol–water partition coefficient (Wildman–Crippen LogP) is 3.56. The van der Waals surface area contributed by atoms with E-state index in [2.05, 4.69) is 4.98 Å². The summed E-state index contributed by atoms with van der Waals surface area (Å²) in [4.78, 5) is 3.65. The Balaban J connectivity index is 2.58. The van der Waals surface area contributed by atoms with Crippen molar-refractivity contribution in [2.45, 2.75) is 19.5 Å². The fourth-order valence-corrected chi connectivity index (χ4v) is 1.36. The van der Waals surface area contributed by atoms with Gasteiger partial charge in [-0.1, -0.05) is 18.5 Å². The van der Waals surface area contributed by atoms with E-state index in [9.17, 15) is 13.2 Å². The number of ether oxygens (including phenoxy) is 2. The van der Waals surface area contributed by atoms with Crippen molar-refractivity contribution in [1.82, 2.24) is 4.98 Å². The van der Waals surface area contributed by atoms with Gasteiger partial charge < -0.3 is 9.47 Å². The molecule has 0 fully saturated rings. The third-order valence-corrected chi connectivity index (χ3v) is 2.12. The highest BCUT2D eigenvalue weighted by molar-refractivity contribution is 6.29. The molecule has 0 saturated heterocycles. The van der Waals surface area contributed by atoms with Crippen molar-refractivity contribution >= 4 is 11.6 Å². The lowest BCUT2D eigenvalue weighted by Crippen LogP contribution is -2.10. The Morgan fingerprint density at radius 3 is 2.56 bits per heavy atom. The maximum Gasteiger partial charge on any atom is 0.416 e. The topological polar surface area (TPSA) is 31.4 Å². The summed E-state index contributed by atoms with van der Waals surface area (Å²) in [5.74, 6) is -0.157. The molecule has 7 heteroatoms. The monoisotopic (exact) mass is 283 g/mol. The van der Waals surface area contributed by atoms with Crippen molar-refractivity contribution in [3.8, 4) is 5.88 Å². The van der Waals surface area contributed by atoms with Gasteiger partial charge in [-0.2, -0.15) is 13.2 Å². The number of hydrogen-bond acceptors (Lipinski definition) is 3. The molecular formula is C11H13ClF3NO2. The Hall–Kier alpha value is -1.01. The van der Waals surface area contributed by atoms with Crippen LogP contribution in [0.15, 0.2) is 12.1 Å². The molecule has 0 spiro atoms. The Bertz CT molecular complexity index is 385. The van der Waals surface area contributed by atoms with Crippen LogP contribution in [-0.4, -0.2) is 24.8 Å². The van der Waals surface area contributed by atoms with Crippen LogP contribution in [0.3, 0.4) is 0 Å². The zero-order chi connectivity index (χ0) is 13.6. The van der Waals surface area contributed by atoms with Gasteiger partial charge in [-0.3, -0.25) is 0 Å². The molecule has 1 heterocycles. The number of nitrogens with zero attached hydrogens (tertiary/aromatic N) is 1. The van der Waals surface area contributed by atoms with E-state index in [0.29, 0.717) is 13.2 Å². The lowest BCUT2D eigenvalue weighted by atomic mass is 10.2. The standard InChI is InChI=1S/C11H13ClF3NO2/c1-2-3-17-4-5-18-10-7-8(11(13,14)15)6-9(12)16-10/h6-7H,2-5H2,1H3. The van der Waals surface area contributed by atoms with Gasteiger partial charge in [-0.15, -0.1) is 0 Å². The van der Waals surface area contributed by atoms with Crippen molar-refractivity contribution in [2.75, 3.05) is 19.8 Å². The van der Waals surface area contributed by atoms with E-state index in [1.807, 2.05) is 6.92 Å². The van der Waals surface area contributed by atoms with E-state index < -0.39 is 11.7 Å². The van der Waals surface area contributed by atoms with E-state index in [0.717, 1.165) is 18.6 Å². The normalized spacial score (nSPS) is 11.6. The van der Waals surface area contributed by atoms with Gasteiger partial charge in [-0.05, 0) is 12.5 Å². The van der Waals surface area contributed by atoms with Gasteiger partial charge in [-0.25, -0.2) is 4.98 Å². The molecule has 0 aliphatic rings. The van der Waals surface area contributed by atoms with Gasteiger partial charge in [0.2, 0.25) is 5.88 Å². The summed E-state index contributed by atoms with van der Waals surface area (Å²) in [6, 6.07) is 1.56. The van der Waals surface area contributed by atoms with Crippen LogP contribution in [0.1, 0.15) is 18.9 Å². The van der Waals surface area contributed by atoms with Crippen LogP contribution >= 0.6 is 11.6 Å². The first-order chi connectivity index (χ1) is 8.43. The third kappa shape index (κ3) is 5.10. The molecule has 0 bridgehead atoms. The SMILES string of the molecule is CCCOCCOc1cc(C(F)(F)F)cc(Cl)n1. The molecule has 0 radical (unpaired) electrons. The average Bonchev–Trinajstić information content (AvgIpc) is 2.27. The van der Waals surface area contributed by atoms with Crippen LogP contribution in [-0.2, 0) is 10.9 Å². The van der Waals surface area contributed by atoms with Gasteiger partial charge >= 0.3 is 6.18 Å². The summed E-state index contributed by atoms with van der Waals surface area (Å²) in [6.07, 6.45) is -3.60. The predicted molar refractivity (Wildman–Crippen MR) is 60.9 cm³/mol. The molecule has 0 aliphatic heterocycles. The van der Waals surface area contributed by atoms with Crippen LogP contribution in [0.5, 0.6) is 5.88 Å². The summed E-state index contributed by atoms with van der Waals surface area (Å²) in [5, 5.41) is -0.255. The van der Waals surface area contributed by atoms with Crippen LogP contribution in [0, 0.1) is 0 Å². The third-order valence-electron chi connectivity index (χ3n) is 1.92. The summed E-state index contributed by atoms with van der Waals surface area (Å²) < 4.78 is 47.6. The van der Waals surface area contributed by atoms with Gasteiger partial charge in [0.15, 0.2) is 0 Å². The molecule has 0 amide bonds. The molecule has 0 atom stereocenters. The minimum atomic E-state index is -4.47. The van der Waals surface area contributed by atoms with E-state index in [-0.39, 0.29) is 17.6 Å². The van der Waals surface area contributed by atoms with Crippen LogP contribution in [0.4, 0.5) is 13.2 Å². The summed E-state index contributed by atoms with van der Waals surface area (Å²) in [6.45, 7) is 2.96. The zero-order valence-corrected chi connectivity index (χ0v) is 10.5. The fourth-order valence-electron chi connectivity index (χ4n) is 1.16. The van der Waals surface area contributed by atoms with E-state index in [1.54, 1.807) is 0 Å². The molecule has 3 nitrogen and oxygen atoms in total. The molecule has 0 saturated carbocycles. The van der Waals surface area contributed by atoms with Crippen molar-refractivity contribution in [3.63, 3.8) is 0 Å². The molecule has 0 unspecified atom stereocenters. The highest BCUT2D eigenvalue weighted by Gasteiger charge is 2.31. The maximum absolute atomic E-state index is 12.5. The van der Waals surface area contributed by atoms with Gasteiger partial charge in [0.25, 0.3) is 0 Å². The molecule has 0 aliphatic carbocycles. The van der Waals surface area contributed by atoms with Crippen molar-refractivity contribution in [2.24, 2.45) is 0 Å². The second-order valence-corrected chi connectivity index (χ2v) is 3.86. The molecule has 0 N–H and O–H groups in total. The second kappa shape index (κ2) is 6.80. The fraction of sp³-hybridized carbons (Fsp3) is 0.545. The minimum Gasteiger partial charge on any atom is -0.475 e. The Kier molecular flexibility index (Phi) is 5.68. The van der Waals surface area contributed by atoms with Gasteiger partial charge in [0.1, 0.15) is 11.8 Å². The Morgan fingerprint density at radius 2 is 1.94 bits per heavy atom. The maximum atomic E-state index is 12.5. The summed E-state index contributed by atoms with van der Waals surface area (Å²) in [7, 11) is 0. The minimum absolute atomic E-state index is 0.130. The average molecular weight is 284 g/mol. The summed E-state index contributed by atoms with van der Waals surface area (Å²) >= 11 is 5.50. The number of aromatic nitrogens is 1. The van der Waals surface area contributed by atoms with Gasteiger partial charge in [0, 0.05) is 12.7 Å². The Morgan fingerprint density at radius 1 is 1.22 bits per heavy atom. The van der Waals surface area contributed by atoms with E-state index in [4.69, 9.17) is 21.1 Å². The molecule has 1 rings (SSSR count). The van der Waals surface area contributed by atoms with Crippen molar-refractivity contribution in [1.29, 1.82) is 0 Å². The Labute approximate surface area is 108 Å². The lowest BCUT2D eigenvalue weighted by Gasteiger charge is -2.10. The van der Waals surface area contributed by atoms with Crippen LogP contribution in [0.25, 0.3) is 0 Å². The van der Waals surface area contributed by atoms with E-state index >= 15 is 0 Å². The second-order valence-electron chi connectivity index (χ2n) is 3.48. The highest BCUT2D eigenvalue weighted by Crippen LogP contribution is 2.32. The van der Waals surface area contributed by atoms with E-state index in [1.165, 1.54) is 0 Å². The largest absolute Gasteiger partial charge is 0.475 e. The number of rotatable bonds is 6. The molecular weight excluding hydrogens is 271 g/mol. The first kappa shape index (κ1) is 15.0. The first-order valence-corrected chi connectivity index (χ1v) is 5.76. The molecule has 18 heavy (non-hydrogen) atoms. The number of alkyl halides is 3. The van der Waals surface area contributed by atoms with Crippen LogP contribution in [0.2, 0.25) is 5.15 Å². The summed E-state index contributed by atoms with van der Waals surface area (Å²) in [5.41, 5.74) is -0.882. The molecule has 1 aromatic rings. The zero-order valence-electron chi connectivity index (χ0n) is 9.76. The highest BCUT2D eigenvalue weighted by atomic mass is 35.5. The molecule has 0 aromatic carbocycles. The smallest absolute Gasteiger partial charge is 0.416 e. The van der Waals surface area contributed by atoms with Crippen molar-refractivity contribution in [3.05, 3.63) is 22.8 Å². The lowest BCUT2D eigenvalue weighted by molar-refractivity contribution is -0.137. The molecule has 102 valence electrons. The van der Waals surface area contributed by atoms with Crippen LogP contribution < -0.4 is 4.74 Å². The quantitative estimate of drug-likeness (QED) is 0.591. The van der Waals surface area contributed by atoms with Gasteiger partial charge in [0.05, 0.1) is 12.2 Å². The number of halogens is 4. The number of pyridine rings is 1. The first-order valence-electron chi connectivity index (χ1n) is 5.39. The van der Waals surface area contributed by atoms with Crippen molar-refractivity contribution < 1.29 is 22.6 Å². The molecule has 1 aromatic heterocycles.